The molecule has 148 valence electrons. The summed E-state index contributed by atoms with van der Waals surface area (Å²) in [7, 11) is 2.14. The van der Waals surface area contributed by atoms with E-state index in [4.69, 9.17) is 32.7 Å². The molecule has 1 heterocycles. The molecule has 14 heteroatoms. The second kappa shape index (κ2) is 8.19. The number of nitro groups is 2. The van der Waals surface area contributed by atoms with E-state index in [1.165, 1.54) is 0 Å². The van der Waals surface area contributed by atoms with Gasteiger partial charge in [-0.25, -0.2) is 0 Å². The van der Waals surface area contributed by atoms with E-state index in [0.29, 0.717) is 11.0 Å². The molecule has 1 aromatic carbocycles. The Bertz CT molecular complexity index is 989. The molecule has 0 bridgehead atoms. The van der Waals surface area contributed by atoms with E-state index in [-0.39, 0.29) is 6.41 Å². The topological polar surface area (TPSA) is 138 Å². The lowest BCUT2D eigenvalue weighted by atomic mass is 10.2. The van der Waals surface area contributed by atoms with Crippen LogP contribution in [0.25, 0.3) is 0 Å². The maximum atomic E-state index is 14.0. The minimum Gasteiger partial charge on any atom is -0.490 e. The number of benzene rings is 1. The van der Waals surface area contributed by atoms with Crippen molar-refractivity contribution in [3.63, 3.8) is 0 Å². The molecule has 28 heavy (non-hydrogen) atoms. The quantitative estimate of drug-likeness (QED) is 0.278. The van der Waals surface area contributed by atoms with Gasteiger partial charge in [0.2, 0.25) is 24.0 Å². The lowest BCUT2D eigenvalue weighted by Gasteiger charge is -2.21. The van der Waals surface area contributed by atoms with Gasteiger partial charge in [-0.2, -0.15) is 9.37 Å². The molecule has 0 fully saturated rings. The SMILES string of the molecule is COc1cc([N+](=O)[O-])cc(N(C=O)c2c(Cl)c(F)nc(OC)c2Cl)c1[N+](=O)[O-]. The predicted octanol–water partition coefficient (Wildman–Crippen LogP) is 3.66. The zero-order chi connectivity index (χ0) is 21.2. The summed E-state index contributed by atoms with van der Waals surface area (Å²) >= 11 is 11.9. The van der Waals surface area contributed by atoms with Crippen LogP contribution in [0.4, 0.5) is 27.1 Å². The average Bonchev–Trinajstić information content (AvgIpc) is 2.66. The molecule has 2 rings (SSSR count). The Kier molecular flexibility index (Phi) is 6.16. The Balaban J connectivity index is 2.94. The number of halogens is 3. The first-order valence-corrected chi connectivity index (χ1v) is 7.77. The summed E-state index contributed by atoms with van der Waals surface area (Å²) in [6.45, 7) is 0. The number of amides is 1. The summed E-state index contributed by atoms with van der Waals surface area (Å²) in [6.07, 6.45) is 0.0114. The fourth-order valence-electron chi connectivity index (χ4n) is 2.27. The Morgan fingerprint density at radius 3 is 2.25 bits per heavy atom. The molecule has 1 amide bonds. The number of anilines is 2. The number of aromatic nitrogens is 1. The summed E-state index contributed by atoms with van der Waals surface area (Å²) in [4.78, 5) is 36.5. The summed E-state index contributed by atoms with van der Waals surface area (Å²) < 4.78 is 23.7. The third kappa shape index (κ3) is 3.59. The highest BCUT2D eigenvalue weighted by molar-refractivity contribution is 6.40. The van der Waals surface area contributed by atoms with Gasteiger partial charge in [0, 0.05) is 6.07 Å². The van der Waals surface area contributed by atoms with Gasteiger partial charge >= 0.3 is 5.69 Å². The molecule has 0 saturated heterocycles. The predicted molar refractivity (Wildman–Crippen MR) is 95.3 cm³/mol. The standard InChI is InChI=1S/C14H9Cl2FN4O7/c1-27-8-4-6(20(23)24)3-7(11(8)21(25)26)19(5-22)12-9(15)13(17)18-14(28-2)10(12)16/h3-5H,1-2H3. The number of ether oxygens (including phenoxy) is 2. The highest BCUT2D eigenvalue weighted by Gasteiger charge is 2.33. The van der Waals surface area contributed by atoms with Crippen molar-refractivity contribution < 1.29 is 28.5 Å². The van der Waals surface area contributed by atoms with Gasteiger partial charge in [-0.3, -0.25) is 29.9 Å². The van der Waals surface area contributed by atoms with Crippen LogP contribution in [-0.2, 0) is 4.79 Å². The lowest BCUT2D eigenvalue weighted by Crippen LogP contribution is -2.18. The molecular formula is C14H9Cl2FN4O7. The average molecular weight is 435 g/mol. The minimum absolute atomic E-state index is 0.0114. The number of methoxy groups -OCH3 is 2. The van der Waals surface area contributed by atoms with Crippen LogP contribution in [-0.4, -0.2) is 35.5 Å². The number of rotatable bonds is 7. The second-order valence-corrected chi connectivity index (χ2v) is 5.65. The molecule has 0 saturated carbocycles. The number of non-ortho nitro benzene ring substituents is 1. The van der Waals surface area contributed by atoms with E-state index < -0.39 is 60.2 Å². The second-order valence-electron chi connectivity index (χ2n) is 4.89. The van der Waals surface area contributed by atoms with Crippen LogP contribution in [0, 0.1) is 26.2 Å². The van der Waals surface area contributed by atoms with Crippen molar-refractivity contribution in [2.75, 3.05) is 19.1 Å². The van der Waals surface area contributed by atoms with E-state index in [1.807, 2.05) is 0 Å². The molecule has 0 unspecified atom stereocenters. The highest BCUT2D eigenvalue weighted by atomic mass is 35.5. The van der Waals surface area contributed by atoms with Crippen LogP contribution in [0.2, 0.25) is 10.0 Å². The molecule has 0 N–H and O–H groups in total. The minimum atomic E-state index is -1.29. The largest absolute Gasteiger partial charge is 0.490 e. The van der Waals surface area contributed by atoms with Crippen LogP contribution in [0.3, 0.4) is 0 Å². The zero-order valence-corrected chi connectivity index (χ0v) is 15.5. The molecule has 0 radical (unpaired) electrons. The number of carbonyl (C=O) groups is 1. The fraction of sp³-hybridized carbons (Fsp3) is 0.143. The summed E-state index contributed by atoms with van der Waals surface area (Å²) in [5.74, 6) is -2.27. The third-order valence-corrected chi connectivity index (χ3v) is 4.11. The van der Waals surface area contributed by atoms with Crippen molar-refractivity contribution in [3.05, 3.63) is 48.4 Å². The van der Waals surface area contributed by atoms with Crippen LogP contribution in [0.5, 0.6) is 11.6 Å². The van der Waals surface area contributed by atoms with Gasteiger partial charge in [0.25, 0.3) is 5.69 Å². The molecule has 0 aliphatic heterocycles. The number of nitrogens with zero attached hydrogens (tertiary/aromatic N) is 4. The van der Waals surface area contributed by atoms with Gasteiger partial charge in [-0.05, 0) is 0 Å². The van der Waals surface area contributed by atoms with Crippen molar-refractivity contribution >= 4 is 52.4 Å². The molecule has 11 nitrogen and oxygen atoms in total. The third-order valence-electron chi connectivity index (χ3n) is 3.44. The number of hydrogen-bond donors (Lipinski definition) is 0. The van der Waals surface area contributed by atoms with Crippen LogP contribution < -0.4 is 14.4 Å². The molecule has 0 aliphatic carbocycles. The van der Waals surface area contributed by atoms with Gasteiger partial charge in [0.05, 0.1) is 35.8 Å². The van der Waals surface area contributed by atoms with Crippen LogP contribution >= 0.6 is 23.2 Å². The van der Waals surface area contributed by atoms with Gasteiger partial charge in [0.15, 0.2) is 0 Å². The molecule has 0 aliphatic rings. The van der Waals surface area contributed by atoms with Crippen molar-refractivity contribution in [2.24, 2.45) is 0 Å². The first kappa shape index (κ1) is 21.1. The van der Waals surface area contributed by atoms with Crippen molar-refractivity contribution in [2.45, 2.75) is 0 Å². The Morgan fingerprint density at radius 1 is 1.14 bits per heavy atom. The van der Waals surface area contributed by atoms with Crippen molar-refractivity contribution in [1.82, 2.24) is 4.98 Å². The number of nitro benzene ring substituents is 2. The van der Waals surface area contributed by atoms with Gasteiger partial charge in [-0.15, -0.1) is 0 Å². The summed E-state index contributed by atoms with van der Waals surface area (Å²) in [5, 5.41) is 21.5. The normalized spacial score (nSPS) is 10.3. The number of carbonyl (C=O) groups excluding carboxylic acids is 1. The summed E-state index contributed by atoms with van der Waals surface area (Å²) in [6, 6.07) is 1.51. The number of pyridine rings is 1. The Hall–Kier alpha value is -3.25. The maximum Gasteiger partial charge on any atom is 0.335 e. The smallest absolute Gasteiger partial charge is 0.335 e. The van der Waals surface area contributed by atoms with E-state index >= 15 is 0 Å². The molecule has 0 atom stereocenters. The van der Waals surface area contributed by atoms with Crippen molar-refractivity contribution in [1.29, 1.82) is 0 Å². The molecule has 2 aromatic rings. The van der Waals surface area contributed by atoms with Crippen molar-refractivity contribution in [3.8, 4) is 11.6 Å². The first-order chi connectivity index (χ1) is 13.2. The van der Waals surface area contributed by atoms with E-state index in [9.17, 15) is 29.4 Å². The summed E-state index contributed by atoms with van der Waals surface area (Å²) in [5.41, 5.74) is -2.66. The molecular weight excluding hydrogens is 426 g/mol. The maximum absolute atomic E-state index is 14.0. The van der Waals surface area contributed by atoms with E-state index in [0.717, 1.165) is 20.3 Å². The van der Waals surface area contributed by atoms with Crippen LogP contribution in [0.1, 0.15) is 0 Å². The lowest BCUT2D eigenvalue weighted by molar-refractivity contribution is -0.389. The molecule has 0 spiro atoms. The van der Waals surface area contributed by atoms with Crippen LogP contribution in [0.15, 0.2) is 12.1 Å². The molecule has 1 aromatic heterocycles. The fourth-order valence-corrected chi connectivity index (χ4v) is 2.85. The zero-order valence-electron chi connectivity index (χ0n) is 14.0. The van der Waals surface area contributed by atoms with E-state index in [1.54, 1.807) is 0 Å². The van der Waals surface area contributed by atoms with Gasteiger partial charge in [0.1, 0.15) is 15.7 Å². The Morgan fingerprint density at radius 2 is 1.79 bits per heavy atom. The first-order valence-electron chi connectivity index (χ1n) is 7.01. The Labute approximate surface area is 165 Å². The highest BCUT2D eigenvalue weighted by Crippen LogP contribution is 2.48. The van der Waals surface area contributed by atoms with Gasteiger partial charge in [-0.1, -0.05) is 23.2 Å². The number of hydrogen-bond acceptors (Lipinski definition) is 8. The van der Waals surface area contributed by atoms with Gasteiger partial charge < -0.3 is 9.47 Å². The monoisotopic (exact) mass is 434 g/mol. The van der Waals surface area contributed by atoms with E-state index in [2.05, 4.69) is 4.98 Å².